The molecule has 0 radical (unpaired) electrons. The minimum Gasteiger partial charge on any atom is -0.494 e. The molecule has 0 bridgehead atoms. The molecule has 0 atom stereocenters. The molecule has 0 aliphatic heterocycles. The molecule has 2 heterocycles. The quantitative estimate of drug-likeness (QED) is 0.530. The second-order valence-electron chi connectivity index (χ2n) is 4.98. The summed E-state index contributed by atoms with van der Waals surface area (Å²) in [6.45, 7) is 2.02. The third-order valence-electron chi connectivity index (χ3n) is 3.66. The van der Waals surface area contributed by atoms with Crippen LogP contribution in [-0.4, -0.2) is 22.2 Å². The number of aryl methyl sites for hydroxylation is 1. The molecular weight excluding hydrogens is 339 g/mol. The lowest BCUT2D eigenvalue weighted by molar-refractivity contribution is -0.282. The van der Waals surface area contributed by atoms with Crippen LogP contribution in [0.3, 0.4) is 0 Å². The van der Waals surface area contributed by atoms with Crippen LogP contribution < -0.4 is 0 Å². The zero-order valence-corrected chi connectivity index (χ0v) is 14.0. The van der Waals surface area contributed by atoms with Crippen LogP contribution in [0.4, 0.5) is 0 Å². The molecule has 3 aromatic rings. The van der Waals surface area contributed by atoms with Crippen molar-refractivity contribution >= 4 is 34.1 Å². The van der Waals surface area contributed by atoms with Crippen LogP contribution in [0.1, 0.15) is 11.3 Å². The van der Waals surface area contributed by atoms with Crippen LogP contribution in [0.2, 0.25) is 10.0 Å². The van der Waals surface area contributed by atoms with Crippen molar-refractivity contribution in [2.75, 3.05) is 7.11 Å². The van der Waals surface area contributed by atoms with Gasteiger partial charge >= 0.3 is 0 Å². The minimum atomic E-state index is 0.0113. The van der Waals surface area contributed by atoms with E-state index in [0.29, 0.717) is 26.5 Å². The van der Waals surface area contributed by atoms with E-state index in [1.807, 2.05) is 13.0 Å². The first-order chi connectivity index (χ1) is 11.0. The number of pyridine rings is 1. The standard InChI is InChI=1S/C16H14Cl2N2O3/c1-8-10(7-23-22-2)13(9-4-3-5-11(17)15(9)18)14-12(20-8)6-19-16(14)21/h3-6,19,21H,7H2,1-2H3. The van der Waals surface area contributed by atoms with Gasteiger partial charge in [-0.05, 0) is 13.0 Å². The summed E-state index contributed by atoms with van der Waals surface area (Å²) in [6, 6.07) is 5.35. The summed E-state index contributed by atoms with van der Waals surface area (Å²) < 4.78 is 0. The lowest BCUT2D eigenvalue weighted by Crippen LogP contribution is -2.01. The molecule has 3 rings (SSSR count). The van der Waals surface area contributed by atoms with Gasteiger partial charge in [0.1, 0.15) is 6.61 Å². The van der Waals surface area contributed by atoms with Gasteiger partial charge in [-0.3, -0.25) is 4.98 Å². The number of rotatable bonds is 4. The molecule has 23 heavy (non-hydrogen) atoms. The number of halogens is 2. The highest BCUT2D eigenvalue weighted by molar-refractivity contribution is 6.44. The van der Waals surface area contributed by atoms with Gasteiger partial charge in [0.15, 0.2) is 5.88 Å². The van der Waals surface area contributed by atoms with Gasteiger partial charge in [-0.1, -0.05) is 35.3 Å². The van der Waals surface area contributed by atoms with E-state index in [1.165, 1.54) is 7.11 Å². The number of H-pyrrole nitrogens is 1. The summed E-state index contributed by atoms with van der Waals surface area (Å²) in [6.07, 6.45) is 1.64. The van der Waals surface area contributed by atoms with Gasteiger partial charge in [0, 0.05) is 28.6 Å². The highest BCUT2D eigenvalue weighted by Gasteiger charge is 2.21. The van der Waals surface area contributed by atoms with Crippen LogP contribution in [0.25, 0.3) is 22.0 Å². The van der Waals surface area contributed by atoms with Gasteiger partial charge in [-0.25, -0.2) is 9.78 Å². The molecule has 2 N–H and O–H groups in total. The van der Waals surface area contributed by atoms with E-state index in [4.69, 9.17) is 33.0 Å². The topological polar surface area (TPSA) is 67.4 Å². The number of nitrogens with zero attached hydrogens (tertiary/aromatic N) is 1. The van der Waals surface area contributed by atoms with Crippen LogP contribution in [0.5, 0.6) is 5.88 Å². The van der Waals surface area contributed by atoms with Crippen molar-refractivity contribution in [2.24, 2.45) is 0 Å². The third kappa shape index (κ3) is 2.77. The number of benzene rings is 1. The van der Waals surface area contributed by atoms with E-state index in [2.05, 4.69) is 9.97 Å². The number of nitrogens with one attached hydrogen (secondary N) is 1. The smallest absolute Gasteiger partial charge is 0.198 e. The normalized spacial score (nSPS) is 11.3. The average Bonchev–Trinajstić information content (AvgIpc) is 2.89. The largest absolute Gasteiger partial charge is 0.494 e. The highest BCUT2D eigenvalue weighted by atomic mass is 35.5. The van der Waals surface area contributed by atoms with Crippen molar-refractivity contribution < 1.29 is 14.9 Å². The monoisotopic (exact) mass is 352 g/mol. The van der Waals surface area contributed by atoms with Crippen molar-refractivity contribution in [3.63, 3.8) is 0 Å². The van der Waals surface area contributed by atoms with Crippen LogP contribution in [0.15, 0.2) is 24.4 Å². The second kappa shape index (κ2) is 6.37. The predicted octanol–water partition coefficient (Wildman–Crippen LogP) is 4.63. The van der Waals surface area contributed by atoms with Gasteiger partial charge in [-0.2, -0.15) is 0 Å². The average molecular weight is 353 g/mol. The molecule has 0 aliphatic rings. The van der Waals surface area contributed by atoms with Gasteiger partial charge in [0.05, 0.1) is 28.1 Å². The van der Waals surface area contributed by atoms with E-state index in [1.54, 1.807) is 18.3 Å². The summed E-state index contributed by atoms with van der Waals surface area (Å²) in [7, 11) is 1.43. The van der Waals surface area contributed by atoms with E-state index in [-0.39, 0.29) is 12.5 Å². The number of aromatic hydroxyl groups is 1. The predicted molar refractivity (Wildman–Crippen MR) is 89.7 cm³/mol. The van der Waals surface area contributed by atoms with Crippen molar-refractivity contribution in [3.8, 4) is 17.0 Å². The highest BCUT2D eigenvalue weighted by Crippen LogP contribution is 2.42. The van der Waals surface area contributed by atoms with Crippen molar-refractivity contribution in [1.82, 2.24) is 9.97 Å². The summed E-state index contributed by atoms with van der Waals surface area (Å²) in [5.74, 6) is 0.0113. The Morgan fingerprint density at radius 3 is 2.83 bits per heavy atom. The Bertz CT molecular complexity index is 877. The van der Waals surface area contributed by atoms with Gasteiger partial charge in [0.25, 0.3) is 0 Å². The molecule has 0 saturated heterocycles. The van der Waals surface area contributed by atoms with E-state index >= 15 is 0 Å². The van der Waals surface area contributed by atoms with E-state index in [9.17, 15) is 5.11 Å². The SMILES string of the molecule is COOCc1c(C)nc2c[nH]c(O)c2c1-c1cccc(Cl)c1Cl. The molecule has 0 fully saturated rings. The fourth-order valence-electron chi connectivity index (χ4n) is 2.61. The van der Waals surface area contributed by atoms with Crippen LogP contribution in [0, 0.1) is 6.92 Å². The van der Waals surface area contributed by atoms with Gasteiger partial charge in [-0.15, -0.1) is 0 Å². The molecule has 0 unspecified atom stereocenters. The molecule has 0 amide bonds. The fraction of sp³-hybridized carbons (Fsp3) is 0.188. The summed E-state index contributed by atoms with van der Waals surface area (Å²) in [5, 5.41) is 11.6. The number of aromatic amines is 1. The maximum Gasteiger partial charge on any atom is 0.198 e. The summed E-state index contributed by atoms with van der Waals surface area (Å²) in [4.78, 5) is 17.1. The lowest BCUT2D eigenvalue weighted by atomic mass is 9.96. The van der Waals surface area contributed by atoms with Crippen LogP contribution in [-0.2, 0) is 16.4 Å². The maximum absolute atomic E-state index is 10.2. The first-order valence-electron chi connectivity index (χ1n) is 6.84. The third-order valence-corrected chi connectivity index (χ3v) is 4.48. The Hall–Kier alpha value is -1.79. The fourth-order valence-corrected chi connectivity index (χ4v) is 3.00. The summed E-state index contributed by atoms with van der Waals surface area (Å²) in [5.41, 5.74) is 3.56. The Kier molecular flexibility index (Phi) is 4.46. The Morgan fingerprint density at radius 1 is 1.30 bits per heavy atom. The molecule has 7 heteroatoms. The van der Waals surface area contributed by atoms with Crippen molar-refractivity contribution in [3.05, 3.63) is 45.7 Å². The number of fused-ring (bicyclic) bond motifs is 1. The molecule has 0 aliphatic carbocycles. The first kappa shape index (κ1) is 16.1. The molecule has 1 aromatic carbocycles. The Balaban J connectivity index is 2.39. The van der Waals surface area contributed by atoms with Gasteiger partial charge < -0.3 is 10.1 Å². The molecule has 120 valence electrons. The van der Waals surface area contributed by atoms with E-state index < -0.39 is 0 Å². The minimum absolute atomic E-state index is 0.0113. The summed E-state index contributed by atoms with van der Waals surface area (Å²) >= 11 is 12.5. The number of hydrogen-bond donors (Lipinski definition) is 2. The zero-order chi connectivity index (χ0) is 16.6. The first-order valence-corrected chi connectivity index (χ1v) is 7.59. The van der Waals surface area contributed by atoms with Crippen molar-refractivity contribution in [2.45, 2.75) is 13.5 Å². The van der Waals surface area contributed by atoms with Crippen LogP contribution >= 0.6 is 23.2 Å². The number of hydrogen-bond acceptors (Lipinski definition) is 4. The second-order valence-corrected chi connectivity index (χ2v) is 5.76. The number of aromatic nitrogens is 2. The molecule has 0 saturated carbocycles. The molecule has 0 spiro atoms. The molecule has 2 aromatic heterocycles. The van der Waals surface area contributed by atoms with Crippen molar-refractivity contribution in [1.29, 1.82) is 0 Å². The molecule has 5 nitrogen and oxygen atoms in total. The Labute approximate surface area is 142 Å². The molecular formula is C16H14Cl2N2O3. The maximum atomic E-state index is 10.2. The lowest BCUT2D eigenvalue weighted by Gasteiger charge is -2.15. The van der Waals surface area contributed by atoms with E-state index in [0.717, 1.165) is 16.8 Å². The zero-order valence-electron chi connectivity index (χ0n) is 12.5. The van der Waals surface area contributed by atoms with Gasteiger partial charge in [0.2, 0.25) is 0 Å². The Morgan fingerprint density at radius 2 is 2.09 bits per heavy atom.